The zero-order chi connectivity index (χ0) is 19.4. The quantitative estimate of drug-likeness (QED) is 0.707. The smallest absolute Gasteiger partial charge is 0.215 e. The van der Waals surface area contributed by atoms with E-state index < -0.39 is 15.4 Å². The number of sulfonamides is 1. The van der Waals surface area contributed by atoms with E-state index >= 15 is 0 Å². The molecule has 0 aromatic carbocycles. The highest BCUT2D eigenvalue weighted by molar-refractivity contribution is 7.89. The zero-order valence-corrected chi connectivity index (χ0v) is 18.1. The molecule has 2 bridgehead atoms. The minimum absolute atomic E-state index is 0.0266. The van der Waals surface area contributed by atoms with Gasteiger partial charge in [-0.2, -0.15) is 4.31 Å². The van der Waals surface area contributed by atoms with Gasteiger partial charge in [-0.3, -0.25) is 4.79 Å². The summed E-state index contributed by atoms with van der Waals surface area (Å²) in [5.74, 6) is 0.657. The molecule has 2 saturated carbocycles. The number of fused-ring (bicyclic) bond motifs is 2. The number of Topliss-reactive ketones (excluding diaryl/α,β-unsaturated/α-hetero) is 1. The Bertz CT molecular complexity index is 671. The molecule has 150 valence electrons. The topological polar surface area (TPSA) is 54.5 Å². The Morgan fingerprint density at radius 3 is 2.42 bits per heavy atom. The van der Waals surface area contributed by atoms with Crippen LogP contribution in [0.15, 0.2) is 0 Å². The molecule has 0 radical (unpaired) electrons. The van der Waals surface area contributed by atoms with Crippen molar-refractivity contribution in [3.05, 3.63) is 0 Å². The van der Waals surface area contributed by atoms with Crippen molar-refractivity contribution in [3.63, 3.8) is 0 Å². The van der Waals surface area contributed by atoms with Crippen molar-refractivity contribution in [2.45, 2.75) is 92.0 Å². The van der Waals surface area contributed by atoms with Gasteiger partial charge in [-0.15, -0.1) is 0 Å². The first-order chi connectivity index (χ1) is 11.9. The molecule has 5 heteroatoms. The fourth-order valence-electron chi connectivity index (χ4n) is 6.34. The Labute approximate surface area is 160 Å². The minimum atomic E-state index is -3.42. The number of hydrogen-bond donors (Lipinski definition) is 0. The largest absolute Gasteiger partial charge is 0.299 e. The number of ketones is 1. The van der Waals surface area contributed by atoms with Crippen LogP contribution >= 0.6 is 0 Å². The maximum Gasteiger partial charge on any atom is 0.215 e. The van der Waals surface area contributed by atoms with Gasteiger partial charge in [0, 0.05) is 24.4 Å². The van der Waals surface area contributed by atoms with E-state index in [1.807, 2.05) is 6.92 Å². The Kier molecular flexibility index (Phi) is 5.14. The summed E-state index contributed by atoms with van der Waals surface area (Å²) in [5.41, 5.74) is -0.375. The second kappa shape index (κ2) is 6.58. The summed E-state index contributed by atoms with van der Waals surface area (Å²) in [7, 11) is -3.42. The van der Waals surface area contributed by atoms with Gasteiger partial charge in [0.2, 0.25) is 10.0 Å². The van der Waals surface area contributed by atoms with E-state index in [2.05, 4.69) is 27.7 Å². The third-order valence-corrected chi connectivity index (χ3v) is 9.59. The lowest BCUT2D eigenvalue weighted by Gasteiger charge is -2.40. The van der Waals surface area contributed by atoms with Crippen LogP contribution in [0.4, 0.5) is 0 Å². The van der Waals surface area contributed by atoms with Crippen LogP contribution in [0.25, 0.3) is 0 Å². The van der Waals surface area contributed by atoms with E-state index in [1.54, 1.807) is 4.31 Å². The Morgan fingerprint density at radius 2 is 1.85 bits per heavy atom. The van der Waals surface area contributed by atoms with Gasteiger partial charge in [0.1, 0.15) is 5.78 Å². The summed E-state index contributed by atoms with van der Waals surface area (Å²) < 4.78 is 28.7. The summed E-state index contributed by atoms with van der Waals surface area (Å²) in [5, 5.41) is 0. The van der Waals surface area contributed by atoms with Crippen molar-refractivity contribution in [3.8, 4) is 0 Å². The monoisotopic (exact) mass is 383 g/mol. The molecule has 3 aliphatic rings. The summed E-state index contributed by atoms with van der Waals surface area (Å²) in [6.45, 7) is 11.5. The van der Waals surface area contributed by atoms with Crippen LogP contribution in [-0.4, -0.2) is 36.8 Å². The first-order valence-electron chi connectivity index (χ1n) is 10.5. The van der Waals surface area contributed by atoms with E-state index in [4.69, 9.17) is 0 Å². The lowest BCUT2D eigenvalue weighted by Crippen LogP contribution is -2.47. The lowest BCUT2D eigenvalue weighted by atomic mass is 9.65. The molecule has 0 aromatic heterocycles. The third-order valence-electron chi connectivity index (χ3n) is 7.53. The van der Waals surface area contributed by atoms with Crippen LogP contribution < -0.4 is 0 Å². The molecule has 26 heavy (non-hydrogen) atoms. The van der Waals surface area contributed by atoms with Crippen LogP contribution in [-0.2, 0) is 14.8 Å². The van der Waals surface area contributed by atoms with Gasteiger partial charge in [-0.05, 0) is 55.3 Å². The highest BCUT2D eigenvalue weighted by Gasteiger charge is 2.54. The van der Waals surface area contributed by atoms with Crippen molar-refractivity contribution in [1.29, 1.82) is 0 Å². The molecule has 1 heterocycles. The normalized spacial score (nSPS) is 40.7. The van der Waals surface area contributed by atoms with Gasteiger partial charge in [-0.25, -0.2) is 8.42 Å². The predicted molar refractivity (Wildman–Crippen MR) is 105 cm³/mol. The van der Waals surface area contributed by atoms with Crippen LogP contribution in [0.1, 0.15) is 86.0 Å². The van der Waals surface area contributed by atoms with Gasteiger partial charge >= 0.3 is 0 Å². The molecule has 0 amide bonds. The molecular formula is C21H37NO3S. The van der Waals surface area contributed by atoms with Crippen molar-refractivity contribution >= 4 is 15.8 Å². The second-order valence-corrected chi connectivity index (χ2v) is 12.5. The van der Waals surface area contributed by atoms with Crippen molar-refractivity contribution < 1.29 is 13.2 Å². The maximum atomic E-state index is 13.4. The molecule has 0 N–H and O–H groups in total. The Balaban J connectivity index is 1.82. The number of carbonyl (C=O) groups is 1. The fourth-order valence-corrected chi connectivity index (χ4v) is 8.83. The summed E-state index contributed by atoms with van der Waals surface area (Å²) in [6.07, 6.45) is 6.93. The summed E-state index contributed by atoms with van der Waals surface area (Å²) in [6, 6.07) is 0.115. The highest BCUT2D eigenvalue weighted by Crippen LogP contribution is 2.54. The van der Waals surface area contributed by atoms with E-state index in [1.165, 1.54) is 0 Å². The molecular weight excluding hydrogens is 346 g/mol. The minimum Gasteiger partial charge on any atom is -0.299 e. The Hall–Kier alpha value is -0.420. The van der Waals surface area contributed by atoms with Gasteiger partial charge < -0.3 is 0 Å². The molecule has 0 aromatic rings. The molecule has 1 saturated heterocycles. The van der Waals surface area contributed by atoms with Crippen molar-refractivity contribution in [2.24, 2.45) is 22.2 Å². The second-order valence-electron chi connectivity index (χ2n) is 10.6. The molecule has 3 rings (SSSR count). The molecule has 2 unspecified atom stereocenters. The first kappa shape index (κ1) is 20.3. The van der Waals surface area contributed by atoms with Crippen LogP contribution in [0.5, 0.6) is 0 Å². The van der Waals surface area contributed by atoms with Gasteiger partial charge in [0.25, 0.3) is 0 Å². The molecule has 3 fully saturated rings. The van der Waals surface area contributed by atoms with Crippen LogP contribution in [0.2, 0.25) is 0 Å². The van der Waals surface area contributed by atoms with Crippen LogP contribution in [0.3, 0.4) is 0 Å². The van der Waals surface area contributed by atoms with Crippen molar-refractivity contribution in [1.82, 2.24) is 4.31 Å². The van der Waals surface area contributed by atoms with E-state index in [-0.39, 0.29) is 28.4 Å². The fraction of sp³-hybridized carbons (Fsp3) is 0.952. The standard InChI is InChI=1S/C21H37NO3S/c1-6-16-8-9-21(7-2,18(23)10-16)15-26(24,25)22-14-20(5)12-17(22)11-19(3,4)13-20/h16-17H,6-15H2,1-5H3/t16-,17?,20?,21+/m0/s1. The van der Waals surface area contributed by atoms with Gasteiger partial charge in [-0.1, -0.05) is 41.0 Å². The summed E-state index contributed by atoms with van der Waals surface area (Å²) in [4.78, 5) is 12.9. The number of carbonyl (C=O) groups excluding carboxylic acids is 1. The molecule has 4 atom stereocenters. The SMILES string of the molecule is CC[C@H]1CC[C@](CC)(CS(=O)(=O)N2CC3(C)CC2CC(C)(C)C3)C(=O)C1. The first-order valence-corrected chi connectivity index (χ1v) is 12.1. The number of hydrogen-bond acceptors (Lipinski definition) is 3. The van der Waals surface area contributed by atoms with E-state index in [0.717, 1.165) is 38.5 Å². The van der Waals surface area contributed by atoms with E-state index in [9.17, 15) is 13.2 Å². The lowest BCUT2D eigenvalue weighted by molar-refractivity contribution is -0.132. The van der Waals surface area contributed by atoms with E-state index in [0.29, 0.717) is 25.3 Å². The van der Waals surface area contributed by atoms with Crippen molar-refractivity contribution in [2.75, 3.05) is 12.3 Å². The number of nitrogens with zero attached hydrogens (tertiary/aromatic N) is 1. The molecule has 2 aliphatic carbocycles. The third kappa shape index (κ3) is 3.63. The number of rotatable bonds is 5. The average molecular weight is 384 g/mol. The molecule has 1 aliphatic heterocycles. The predicted octanol–water partition coefficient (Wildman–Crippen LogP) is 4.39. The van der Waals surface area contributed by atoms with Crippen LogP contribution in [0, 0.1) is 22.2 Å². The zero-order valence-electron chi connectivity index (χ0n) is 17.3. The summed E-state index contributed by atoms with van der Waals surface area (Å²) >= 11 is 0. The average Bonchev–Trinajstić information content (AvgIpc) is 2.79. The van der Waals surface area contributed by atoms with Gasteiger partial charge in [0.15, 0.2) is 0 Å². The Morgan fingerprint density at radius 1 is 1.15 bits per heavy atom. The molecule has 0 spiro atoms. The maximum absolute atomic E-state index is 13.4. The molecule has 4 nitrogen and oxygen atoms in total. The highest BCUT2D eigenvalue weighted by atomic mass is 32.2. The van der Waals surface area contributed by atoms with Gasteiger partial charge in [0.05, 0.1) is 5.75 Å².